The number of nitrogens with two attached hydrogens (primary N) is 1. The van der Waals surface area contributed by atoms with Crippen LogP contribution in [0.3, 0.4) is 0 Å². The van der Waals surface area contributed by atoms with Crippen molar-refractivity contribution in [3.63, 3.8) is 0 Å². The number of amides is 6. The number of fused-ring (bicyclic) bond motifs is 4. The Bertz CT molecular complexity index is 3880. The average Bonchev–Trinajstić information content (AvgIpc) is 1.59. The first-order valence-corrected chi connectivity index (χ1v) is 30.3. The molecule has 23 nitrogen and oxygen atoms in total. The first kappa shape index (κ1) is 81.2. The molecule has 6 amide bonds. The molecule has 0 unspecified atom stereocenters. The maximum atomic E-state index is 12.6. The highest BCUT2D eigenvalue weighted by atomic mass is 79.9. The predicted octanol–water partition coefficient (Wildman–Crippen LogP) is 10.8. The highest BCUT2D eigenvalue weighted by Crippen LogP contribution is 2.38. The summed E-state index contributed by atoms with van der Waals surface area (Å²) in [7, 11) is -1.70. The molecular formula is C68H73B2Br3N4O19. The molecular weight excluding hydrogens is 1440 g/mol. The minimum atomic E-state index is -0.877. The number of ether oxygens (including phenoxy) is 3. The second kappa shape index (κ2) is 36.2. The van der Waals surface area contributed by atoms with Crippen molar-refractivity contribution in [2.45, 2.75) is 82.1 Å². The number of alkyl halides is 1. The maximum absolute atomic E-state index is 12.6. The standard InChI is InChI=1S/C22H22BNO6.C16H10BrNO4.C9H6BrNO2.C8H10BNO3.C7H5BrO2.C2H4O2.4CH4/c1-21(2)22(3,4)30-23(29-21)18-14(12-25)8-7-11-17(18)28-13-24-19(26)15-9-5-6-10-16(15)20(24)27;17-14-10(8-19)4-3-7-13(14)22-9-18-15(20)11-5-1-2-6-12(11)16(18)21;10-5-11-8(12)6-3-1-2-4-7(6)9(11)13;10-5-12-7-3-1-2-6-4-13-9(11)8(6)7;8-7-5(4-9)2-1-3-6(7)10;1-2(3)4;;;;/h5-12H,13H2,1-4H3;1-8H,9H2;1-4H,5H2;1-3,11H,4-5,10H2;1-4,10H;1H3,(H,3,4);4*1H4. The number of phenolic OH excluding ortho intramolecular Hbond substituents is 1. The number of carbonyl (C=O) groups is 10. The molecule has 7 aromatic rings. The Balaban J connectivity index is 0.000000321. The van der Waals surface area contributed by atoms with Crippen molar-refractivity contribution >= 4 is 133 Å². The normalized spacial score (nSPS) is 14.2. The highest BCUT2D eigenvalue weighted by Gasteiger charge is 2.53. The van der Waals surface area contributed by atoms with Crippen LogP contribution in [-0.2, 0) is 25.4 Å². The van der Waals surface area contributed by atoms with Crippen LogP contribution in [0.25, 0.3) is 0 Å². The van der Waals surface area contributed by atoms with Gasteiger partial charge in [0.05, 0.1) is 65.6 Å². The average molecular weight is 1510 g/mol. The first-order valence-electron chi connectivity index (χ1n) is 27.6. The first-order chi connectivity index (χ1) is 43.9. The predicted molar refractivity (Wildman–Crippen MR) is 373 cm³/mol. The molecule has 5 N–H and O–H groups in total. The molecule has 0 aliphatic carbocycles. The molecule has 28 heteroatoms. The molecule has 1 fully saturated rings. The van der Waals surface area contributed by atoms with Crippen LogP contribution in [0.1, 0.15) is 163 Å². The van der Waals surface area contributed by atoms with Gasteiger partial charge in [-0.2, -0.15) is 0 Å². The third kappa shape index (κ3) is 18.3. The van der Waals surface area contributed by atoms with E-state index in [0.29, 0.717) is 113 Å². The van der Waals surface area contributed by atoms with Gasteiger partial charge in [0, 0.05) is 34.5 Å². The minimum Gasteiger partial charge on any atom is -0.507 e. The molecule has 96 heavy (non-hydrogen) atoms. The second-order valence-electron chi connectivity index (χ2n) is 20.8. The second-order valence-corrected chi connectivity index (χ2v) is 22.9. The van der Waals surface area contributed by atoms with E-state index in [0.717, 1.165) is 22.3 Å². The fourth-order valence-electron chi connectivity index (χ4n) is 9.15. The molecule has 0 radical (unpaired) electrons. The molecule has 7 aromatic carbocycles. The summed E-state index contributed by atoms with van der Waals surface area (Å²) in [5, 5.41) is 25.9. The number of nitrogens with zero attached hydrogens (tertiary/aromatic N) is 3. The summed E-state index contributed by atoms with van der Waals surface area (Å²) in [6.45, 7) is 8.76. The maximum Gasteiger partial charge on any atom is 0.499 e. The zero-order valence-corrected chi connectivity index (χ0v) is 54.5. The molecule has 0 aromatic heterocycles. The quantitative estimate of drug-likeness (QED) is 0.0208. The molecule has 5 aliphatic heterocycles. The molecule has 5 aliphatic rings. The number of hydrogen-bond donors (Lipinski definition) is 4. The molecule has 5 heterocycles. The van der Waals surface area contributed by atoms with Gasteiger partial charge < -0.3 is 43.4 Å². The summed E-state index contributed by atoms with van der Waals surface area (Å²) in [5.74, 6) is -1.49. The van der Waals surface area contributed by atoms with Crippen LogP contribution in [0, 0.1) is 0 Å². The van der Waals surface area contributed by atoms with Gasteiger partial charge in [-0.1, -0.05) is 131 Å². The van der Waals surface area contributed by atoms with Gasteiger partial charge in [0.15, 0.2) is 26.0 Å². The number of aromatic hydroxyl groups is 1. The van der Waals surface area contributed by atoms with Crippen LogP contribution in [0.5, 0.6) is 23.0 Å². The minimum absolute atomic E-state index is 0. The van der Waals surface area contributed by atoms with Gasteiger partial charge in [-0.3, -0.25) is 58.6 Å². The highest BCUT2D eigenvalue weighted by molar-refractivity contribution is 9.11. The van der Waals surface area contributed by atoms with Crippen molar-refractivity contribution < 1.29 is 91.4 Å². The van der Waals surface area contributed by atoms with Gasteiger partial charge >= 0.3 is 14.2 Å². The summed E-state index contributed by atoms with van der Waals surface area (Å²) in [6, 6.07) is 40.3. The van der Waals surface area contributed by atoms with Crippen molar-refractivity contribution in [1.29, 1.82) is 0 Å². The molecule has 0 bridgehead atoms. The zero-order valence-electron chi connectivity index (χ0n) is 49.7. The SMILES string of the molecule is C.C.C.C.CC(=O)O.CC1(C)OB(c2c(C=O)cccc2OCN2C(=O)c3ccccc3C2=O)OC1(C)C.NCOc1cccc2c1B(O)OC2.O=C1c2ccccc2C(=O)N1CBr.O=Cc1cccc(O)c1Br.O=Cc1cccc(OCN2C(=O)c3ccccc3C2=O)c1Br. The van der Waals surface area contributed by atoms with Crippen LogP contribution in [-0.4, -0.2) is 141 Å². The van der Waals surface area contributed by atoms with Gasteiger partial charge in [-0.25, -0.2) is 9.80 Å². The van der Waals surface area contributed by atoms with E-state index < -0.39 is 43.2 Å². The lowest BCUT2D eigenvalue weighted by atomic mass is 9.75. The van der Waals surface area contributed by atoms with E-state index in [9.17, 15) is 48.2 Å². The monoisotopic (exact) mass is 1510 g/mol. The van der Waals surface area contributed by atoms with E-state index in [-0.39, 0.29) is 84.7 Å². The lowest BCUT2D eigenvalue weighted by Crippen LogP contribution is -2.41. The number of imide groups is 3. The lowest BCUT2D eigenvalue weighted by Gasteiger charge is -2.32. The largest absolute Gasteiger partial charge is 0.507 e. The van der Waals surface area contributed by atoms with Crippen molar-refractivity contribution in [1.82, 2.24) is 14.7 Å². The molecule has 12 rings (SSSR count). The van der Waals surface area contributed by atoms with Gasteiger partial charge in [-0.05, 0) is 126 Å². The van der Waals surface area contributed by atoms with Crippen molar-refractivity contribution in [2.24, 2.45) is 5.73 Å². The van der Waals surface area contributed by atoms with Crippen LogP contribution in [0.4, 0.5) is 0 Å². The number of rotatable bonds is 13. The van der Waals surface area contributed by atoms with E-state index >= 15 is 0 Å². The van der Waals surface area contributed by atoms with E-state index in [4.69, 9.17) is 48.9 Å². The number of aliphatic carboxylic acids is 1. The van der Waals surface area contributed by atoms with Gasteiger partial charge in [0.1, 0.15) is 36.0 Å². The summed E-state index contributed by atoms with van der Waals surface area (Å²) in [6.07, 6.45) is 2.08. The lowest BCUT2D eigenvalue weighted by molar-refractivity contribution is -0.134. The number of carboxylic acids is 1. The Morgan fingerprint density at radius 1 is 0.531 bits per heavy atom. The Kier molecular flexibility index (Phi) is 30.6. The fraction of sp³-hybridized carbons (Fsp3) is 0.235. The number of carbonyl (C=O) groups excluding carboxylic acids is 9. The summed E-state index contributed by atoms with van der Waals surface area (Å²) in [4.78, 5) is 118. The van der Waals surface area contributed by atoms with E-state index in [2.05, 4.69) is 47.8 Å². The fourth-order valence-corrected chi connectivity index (χ4v) is 10.4. The van der Waals surface area contributed by atoms with Gasteiger partial charge in [0.2, 0.25) is 0 Å². The summed E-state index contributed by atoms with van der Waals surface area (Å²) < 4.78 is 34.7. The Labute approximate surface area is 582 Å². The Morgan fingerprint density at radius 2 is 0.875 bits per heavy atom. The number of benzene rings is 7. The topological polar surface area (TPSA) is 323 Å². The van der Waals surface area contributed by atoms with Crippen molar-refractivity contribution in [3.05, 3.63) is 210 Å². The number of carboxylic acid groups (broad SMARTS) is 1. The third-order valence-corrected chi connectivity index (χ3v) is 16.7. The van der Waals surface area contributed by atoms with Gasteiger partial charge in [0.25, 0.3) is 41.4 Å². The van der Waals surface area contributed by atoms with Crippen LogP contribution >= 0.6 is 47.8 Å². The van der Waals surface area contributed by atoms with E-state index in [1.165, 1.54) is 11.0 Å². The summed E-state index contributed by atoms with van der Waals surface area (Å²) >= 11 is 9.42. The van der Waals surface area contributed by atoms with Crippen molar-refractivity contribution in [3.8, 4) is 23.0 Å². The number of hydrogen-bond acceptors (Lipinski definition) is 19. The summed E-state index contributed by atoms with van der Waals surface area (Å²) in [5.41, 5.74) is 10.1. The van der Waals surface area contributed by atoms with Gasteiger partial charge in [-0.15, -0.1) is 0 Å². The van der Waals surface area contributed by atoms with E-state index in [1.54, 1.807) is 127 Å². The number of phenols is 1. The molecule has 0 atom stereocenters. The molecule has 506 valence electrons. The molecule has 1 saturated heterocycles. The van der Waals surface area contributed by atoms with E-state index in [1.807, 2.05) is 39.8 Å². The van der Waals surface area contributed by atoms with Crippen molar-refractivity contribution in [2.75, 3.05) is 25.6 Å². The smallest absolute Gasteiger partial charge is 0.499 e. The Hall–Kier alpha value is -8.99. The molecule has 0 spiro atoms. The zero-order chi connectivity index (χ0) is 67.2. The van der Waals surface area contributed by atoms with Crippen LogP contribution in [0.15, 0.2) is 155 Å². The third-order valence-electron chi connectivity index (χ3n) is 14.5. The number of halogens is 3. The molecule has 0 saturated carbocycles. The Morgan fingerprint density at radius 3 is 1.26 bits per heavy atom. The van der Waals surface area contributed by atoms with Crippen LogP contribution < -0.4 is 30.9 Å². The van der Waals surface area contributed by atoms with Crippen LogP contribution in [0.2, 0.25) is 0 Å². The number of aldehydes is 3.